The van der Waals surface area contributed by atoms with Crippen LogP contribution >= 0.6 is 0 Å². The summed E-state index contributed by atoms with van der Waals surface area (Å²) in [6.07, 6.45) is 0. The topological polar surface area (TPSA) is 16.4 Å². The van der Waals surface area contributed by atoms with Gasteiger partial charge >= 0.3 is 0 Å². The zero-order valence-electron chi connectivity index (χ0n) is 36.8. The van der Waals surface area contributed by atoms with Gasteiger partial charge in [0.25, 0.3) is 0 Å². The van der Waals surface area contributed by atoms with Crippen molar-refractivity contribution in [3.8, 4) is 22.3 Å². The van der Waals surface area contributed by atoms with Gasteiger partial charge in [-0.1, -0.05) is 158 Å². The molecule has 0 aliphatic carbocycles. The van der Waals surface area contributed by atoms with E-state index >= 15 is 0 Å². The molecule has 252 valence electrons. The molecule has 0 aliphatic heterocycles. The Bertz CT molecular complexity index is 3650. The van der Waals surface area contributed by atoms with E-state index in [-0.39, 0.29) is 46.7 Å². The Balaban J connectivity index is 1.23. The molecule has 1 aromatic heterocycles. The summed E-state index contributed by atoms with van der Waals surface area (Å²) in [4.78, 5) is 1.41. The van der Waals surface area contributed by atoms with E-state index in [1.165, 1.54) is 4.90 Å². The van der Waals surface area contributed by atoms with Crippen molar-refractivity contribution in [3.63, 3.8) is 0 Å². The molecule has 0 fully saturated rings. The average Bonchev–Trinajstić information content (AvgIpc) is 3.69. The van der Waals surface area contributed by atoms with Crippen LogP contribution < -0.4 is 4.90 Å². The van der Waals surface area contributed by atoms with Crippen molar-refractivity contribution in [2.24, 2.45) is 0 Å². The van der Waals surface area contributed by atoms with Gasteiger partial charge in [-0.25, -0.2) is 0 Å². The lowest BCUT2D eigenvalue weighted by Crippen LogP contribution is -2.10. The van der Waals surface area contributed by atoms with Crippen molar-refractivity contribution >= 4 is 82.1 Å². The molecule has 0 saturated heterocycles. The van der Waals surface area contributed by atoms with Crippen LogP contribution in [0.3, 0.4) is 0 Å². The van der Waals surface area contributed by atoms with Gasteiger partial charge in [0.2, 0.25) is 0 Å². The van der Waals surface area contributed by atoms with Gasteiger partial charge in [0.05, 0.1) is 16.7 Å². The van der Waals surface area contributed by atoms with E-state index in [2.05, 4.69) is 0 Å². The van der Waals surface area contributed by atoms with Crippen LogP contribution in [-0.4, -0.2) is 0 Å². The van der Waals surface area contributed by atoms with E-state index in [1.807, 2.05) is 140 Å². The van der Waals surface area contributed by atoms with Crippen molar-refractivity contribution in [1.82, 2.24) is 0 Å². The van der Waals surface area contributed by atoms with Gasteiger partial charge in [0.15, 0.2) is 0 Å². The molecule has 0 atom stereocenters. The van der Waals surface area contributed by atoms with E-state index in [1.54, 1.807) is 12.1 Å². The van der Waals surface area contributed by atoms with Crippen LogP contribution in [0.2, 0.25) is 0 Å². The zero-order chi connectivity index (χ0) is 42.6. The summed E-state index contributed by atoms with van der Waals surface area (Å²) in [6.45, 7) is 0. The second kappa shape index (κ2) is 12.2. The van der Waals surface area contributed by atoms with E-state index in [0.29, 0.717) is 33.4 Å². The fraction of sp³-hybridized carbons (Fsp3) is 0. The van der Waals surface area contributed by atoms with E-state index in [9.17, 15) is 11.0 Å². The Morgan fingerprint density at radius 1 is 0.370 bits per heavy atom. The lowest BCUT2D eigenvalue weighted by atomic mass is 9.93. The van der Waals surface area contributed by atoms with Gasteiger partial charge in [0, 0.05) is 33.1 Å². The number of rotatable bonds is 5. The standard InChI is InChI=1S/C52H33NO/c1-3-14-40-36(12-1)32-49(45-18-6-5-16-43(40)45)35-26-30-39(31-27-35)53(50-33-37-13-2-4-15-41(37)44-17-7-8-19-46(44)50)38-28-24-34(25-29-38)42-21-11-22-48-47-20-9-10-23-51(47)54-52(42)48/h1-33H/i24D,25D,26D,27D,28D,29D,30D,31D. The Morgan fingerprint density at radius 2 is 0.852 bits per heavy atom. The molecular weight excluding hydrogens is 655 g/mol. The van der Waals surface area contributed by atoms with Gasteiger partial charge < -0.3 is 9.32 Å². The van der Waals surface area contributed by atoms with Crippen LogP contribution in [0.25, 0.3) is 87.3 Å². The third-order valence-corrected chi connectivity index (χ3v) is 10.4. The predicted octanol–water partition coefficient (Wildman–Crippen LogP) is 15.0. The molecule has 10 aromatic carbocycles. The van der Waals surface area contributed by atoms with E-state index in [0.717, 1.165) is 48.5 Å². The van der Waals surface area contributed by atoms with Crippen LogP contribution in [0.15, 0.2) is 204 Å². The number of benzene rings is 10. The predicted molar refractivity (Wildman–Crippen MR) is 229 cm³/mol. The minimum absolute atomic E-state index is 0.0369. The van der Waals surface area contributed by atoms with Crippen molar-refractivity contribution in [1.29, 1.82) is 0 Å². The van der Waals surface area contributed by atoms with Crippen molar-refractivity contribution < 1.29 is 15.4 Å². The fourth-order valence-electron chi connectivity index (χ4n) is 7.88. The monoisotopic (exact) mass is 695 g/mol. The SMILES string of the molecule is [2H]c1c([2H])c(N(c2c([2H])c([2H])c(-c3cccc4c3oc3ccccc34)c([2H])c2[2H])c2cc3ccccc3c3ccccc23)c([2H])c([2H])c1-c1cc2ccccc2c2ccccc12. The number of fused-ring (bicyclic) bond motifs is 9. The van der Waals surface area contributed by atoms with Gasteiger partial charge in [-0.05, 0) is 96.8 Å². The molecule has 11 aromatic rings. The van der Waals surface area contributed by atoms with Crippen LogP contribution in [-0.2, 0) is 0 Å². The molecule has 0 amide bonds. The fourth-order valence-corrected chi connectivity index (χ4v) is 7.88. The summed E-state index contributed by atoms with van der Waals surface area (Å²) in [5, 5.41) is 8.39. The van der Waals surface area contributed by atoms with Gasteiger partial charge in [0.1, 0.15) is 11.2 Å². The highest BCUT2D eigenvalue weighted by Gasteiger charge is 2.19. The Morgan fingerprint density at radius 3 is 1.52 bits per heavy atom. The summed E-state index contributed by atoms with van der Waals surface area (Å²) in [6, 6.07) is 44.7. The summed E-state index contributed by atoms with van der Waals surface area (Å²) in [7, 11) is 0. The maximum absolute atomic E-state index is 9.80. The van der Waals surface area contributed by atoms with Crippen LogP contribution in [0.1, 0.15) is 11.0 Å². The summed E-state index contributed by atoms with van der Waals surface area (Å²) >= 11 is 0. The number of nitrogens with zero attached hydrogens (tertiary/aromatic N) is 1. The molecule has 0 saturated carbocycles. The Kier molecular flexibility index (Phi) is 5.30. The first kappa shape index (κ1) is 23.4. The average molecular weight is 696 g/mol. The maximum Gasteiger partial charge on any atom is 0.143 e. The molecule has 0 bridgehead atoms. The number of furan rings is 1. The van der Waals surface area contributed by atoms with E-state index in [4.69, 9.17) is 4.42 Å². The minimum Gasteiger partial charge on any atom is -0.455 e. The first-order chi connectivity index (χ1) is 30.1. The van der Waals surface area contributed by atoms with Gasteiger partial charge in [-0.3, -0.25) is 0 Å². The number of anilines is 3. The molecule has 0 radical (unpaired) electrons. The number of hydrogen-bond donors (Lipinski definition) is 0. The highest BCUT2D eigenvalue weighted by Crippen LogP contribution is 2.44. The molecule has 0 N–H and O–H groups in total. The quantitative estimate of drug-likeness (QED) is 0.167. The van der Waals surface area contributed by atoms with Crippen LogP contribution in [0.5, 0.6) is 0 Å². The zero-order valence-corrected chi connectivity index (χ0v) is 28.8. The Hall–Kier alpha value is -7.16. The summed E-state index contributed by atoms with van der Waals surface area (Å²) in [5.41, 5.74) is 2.08. The second-order valence-electron chi connectivity index (χ2n) is 13.4. The van der Waals surface area contributed by atoms with Gasteiger partial charge in [-0.2, -0.15) is 0 Å². The lowest BCUT2D eigenvalue weighted by Gasteiger charge is -2.28. The maximum atomic E-state index is 9.80. The molecule has 0 spiro atoms. The molecule has 11 rings (SSSR count). The van der Waals surface area contributed by atoms with E-state index < -0.39 is 24.2 Å². The largest absolute Gasteiger partial charge is 0.455 e. The minimum atomic E-state index is -0.423. The molecule has 1 heterocycles. The second-order valence-corrected chi connectivity index (χ2v) is 13.4. The van der Waals surface area contributed by atoms with Crippen LogP contribution in [0, 0.1) is 0 Å². The first-order valence-corrected chi connectivity index (χ1v) is 17.9. The molecule has 0 aliphatic rings. The Labute approximate surface area is 324 Å². The van der Waals surface area contributed by atoms with Crippen LogP contribution in [0.4, 0.5) is 17.1 Å². The normalized spacial score (nSPS) is 13.8. The lowest BCUT2D eigenvalue weighted by molar-refractivity contribution is 0.670. The number of hydrogen-bond acceptors (Lipinski definition) is 2. The molecule has 54 heavy (non-hydrogen) atoms. The third-order valence-electron chi connectivity index (χ3n) is 10.4. The molecule has 2 nitrogen and oxygen atoms in total. The molecule has 0 unspecified atom stereocenters. The first-order valence-electron chi connectivity index (χ1n) is 21.9. The smallest absolute Gasteiger partial charge is 0.143 e. The van der Waals surface area contributed by atoms with Gasteiger partial charge in [-0.15, -0.1) is 0 Å². The summed E-state index contributed by atoms with van der Waals surface area (Å²) in [5.74, 6) is 0. The van der Waals surface area contributed by atoms with Crippen molar-refractivity contribution in [2.75, 3.05) is 4.90 Å². The molecular formula is C52H33NO. The van der Waals surface area contributed by atoms with Crippen molar-refractivity contribution in [3.05, 3.63) is 200 Å². The van der Waals surface area contributed by atoms with Crippen molar-refractivity contribution in [2.45, 2.75) is 0 Å². The highest BCUT2D eigenvalue weighted by molar-refractivity contribution is 6.16. The third kappa shape index (κ3) is 4.81. The highest BCUT2D eigenvalue weighted by atomic mass is 16.3. The number of para-hydroxylation sites is 2. The molecule has 2 heteroatoms. The summed E-state index contributed by atoms with van der Waals surface area (Å²) < 4.78 is 83.9.